The van der Waals surface area contributed by atoms with Crippen LogP contribution in [0.3, 0.4) is 0 Å². The number of hydrogen-bond acceptors (Lipinski definition) is 5. The van der Waals surface area contributed by atoms with Crippen molar-refractivity contribution in [2.45, 2.75) is 32.1 Å². The Kier molecular flexibility index (Phi) is 4.75. The molecule has 1 aromatic carbocycles. The molecule has 5 nitrogen and oxygen atoms in total. The summed E-state index contributed by atoms with van der Waals surface area (Å²) in [6.07, 6.45) is 5.57. The van der Waals surface area contributed by atoms with Gasteiger partial charge in [-0.25, -0.2) is 4.98 Å². The summed E-state index contributed by atoms with van der Waals surface area (Å²) in [5.74, 6) is 1.75. The Morgan fingerprint density at radius 3 is 2.62 bits per heavy atom. The van der Waals surface area contributed by atoms with E-state index < -0.39 is 0 Å². The van der Waals surface area contributed by atoms with Gasteiger partial charge in [-0.1, -0.05) is 6.42 Å². The molecule has 0 saturated carbocycles. The van der Waals surface area contributed by atoms with Gasteiger partial charge >= 0.3 is 0 Å². The van der Waals surface area contributed by atoms with Crippen molar-refractivity contribution in [3.05, 3.63) is 37.4 Å². The number of aromatic amines is 1. The first-order valence-corrected chi connectivity index (χ1v) is 10.2. The molecule has 1 aliphatic rings. The van der Waals surface area contributed by atoms with Crippen LogP contribution in [0, 0.1) is 0 Å². The van der Waals surface area contributed by atoms with Gasteiger partial charge in [0, 0.05) is 14.9 Å². The van der Waals surface area contributed by atoms with E-state index in [1.54, 1.807) is 25.6 Å². The summed E-state index contributed by atoms with van der Waals surface area (Å²) in [5.41, 5.74) is 1.91. The summed E-state index contributed by atoms with van der Waals surface area (Å²) in [4.78, 5) is 22.7. The van der Waals surface area contributed by atoms with E-state index in [1.807, 2.05) is 12.1 Å². The van der Waals surface area contributed by atoms with E-state index in [0.29, 0.717) is 17.3 Å². The van der Waals surface area contributed by atoms with Crippen molar-refractivity contribution >= 4 is 37.5 Å². The van der Waals surface area contributed by atoms with Gasteiger partial charge < -0.3 is 14.5 Å². The molecular formula is C19H19BrN2O3S. The van der Waals surface area contributed by atoms with Crippen LogP contribution in [-0.2, 0) is 12.8 Å². The standard InChI is InChI=1S/C19H19BrN2O3S/c1-24-13-8-11(12(20)9-14(13)25-2)17-21-18(23)16-10-6-4-3-5-7-15(10)26-19(16)22-17/h8-9H,3-7H2,1-2H3,(H,21,22,23). The molecule has 0 spiro atoms. The highest BCUT2D eigenvalue weighted by Gasteiger charge is 2.20. The fourth-order valence-electron chi connectivity index (χ4n) is 3.50. The zero-order valence-electron chi connectivity index (χ0n) is 14.6. The Morgan fingerprint density at radius 1 is 1.12 bits per heavy atom. The zero-order chi connectivity index (χ0) is 18.3. The van der Waals surface area contributed by atoms with Gasteiger partial charge in [-0.3, -0.25) is 4.79 Å². The third-order valence-corrected chi connectivity index (χ3v) is 6.65. The molecule has 26 heavy (non-hydrogen) atoms. The number of hydrogen-bond donors (Lipinski definition) is 1. The van der Waals surface area contributed by atoms with Crippen molar-refractivity contribution in [2.75, 3.05) is 14.2 Å². The quantitative estimate of drug-likeness (QED) is 0.606. The van der Waals surface area contributed by atoms with E-state index >= 15 is 0 Å². The smallest absolute Gasteiger partial charge is 0.260 e. The SMILES string of the molecule is COc1cc(Br)c(-c2nc3sc4c(c3c(=O)[nH]2)CCCCC4)cc1OC. The predicted octanol–water partition coefficient (Wildman–Crippen LogP) is 4.70. The summed E-state index contributed by atoms with van der Waals surface area (Å²) < 4.78 is 11.5. The van der Waals surface area contributed by atoms with Crippen molar-refractivity contribution in [1.82, 2.24) is 9.97 Å². The topological polar surface area (TPSA) is 64.2 Å². The van der Waals surface area contributed by atoms with E-state index in [-0.39, 0.29) is 5.56 Å². The maximum absolute atomic E-state index is 12.8. The minimum atomic E-state index is -0.0638. The molecule has 2 heterocycles. The van der Waals surface area contributed by atoms with Crippen LogP contribution in [0.25, 0.3) is 21.6 Å². The number of methoxy groups -OCH3 is 2. The number of thiophene rings is 1. The fraction of sp³-hybridized carbons (Fsp3) is 0.368. The molecule has 136 valence electrons. The number of aryl methyl sites for hydroxylation is 2. The molecule has 0 atom stereocenters. The van der Waals surface area contributed by atoms with Gasteiger partial charge in [0.05, 0.1) is 19.6 Å². The minimum absolute atomic E-state index is 0.0638. The summed E-state index contributed by atoms with van der Waals surface area (Å²) in [5, 5.41) is 0.771. The van der Waals surface area contributed by atoms with Crippen molar-refractivity contribution < 1.29 is 9.47 Å². The lowest BCUT2D eigenvalue weighted by Gasteiger charge is -2.11. The molecular weight excluding hydrogens is 416 g/mol. The lowest BCUT2D eigenvalue weighted by molar-refractivity contribution is 0.355. The number of H-pyrrole nitrogens is 1. The molecule has 1 aliphatic carbocycles. The van der Waals surface area contributed by atoms with Crippen LogP contribution in [0.5, 0.6) is 11.5 Å². The van der Waals surface area contributed by atoms with E-state index in [0.717, 1.165) is 39.5 Å². The third kappa shape index (κ3) is 2.93. The van der Waals surface area contributed by atoms with Crippen LogP contribution in [0.2, 0.25) is 0 Å². The highest BCUT2D eigenvalue weighted by atomic mass is 79.9. The summed E-state index contributed by atoms with van der Waals surface area (Å²) >= 11 is 5.21. The van der Waals surface area contributed by atoms with Crippen molar-refractivity contribution in [1.29, 1.82) is 0 Å². The minimum Gasteiger partial charge on any atom is -0.493 e. The molecule has 0 aliphatic heterocycles. The van der Waals surface area contributed by atoms with Gasteiger partial charge in [0.15, 0.2) is 11.5 Å². The number of halogens is 1. The molecule has 2 aromatic heterocycles. The molecule has 3 aromatic rings. The van der Waals surface area contributed by atoms with Gasteiger partial charge in [-0.15, -0.1) is 11.3 Å². The van der Waals surface area contributed by atoms with Gasteiger partial charge in [-0.2, -0.15) is 0 Å². The Labute approximate surface area is 163 Å². The molecule has 7 heteroatoms. The van der Waals surface area contributed by atoms with Gasteiger partial charge in [0.2, 0.25) is 0 Å². The molecule has 4 rings (SSSR count). The van der Waals surface area contributed by atoms with Crippen LogP contribution < -0.4 is 15.0 Å². The largest absolute Gasteiger partial charge is 0.493 e. The average molecular weight is 435 g/mol. The van der Waals surface area contributed by atoms with Crippen LogP contribution >= 0.6 is 27.3 Å². The summed E-state index contributed by atoms with van der Waals surface area (Å²) in [7, 11) is 3.18. The van der Waals surface area contributed by atoms with Crippen LogP contribution in [0.4, 0.5) is 0 Å². The summed E-state index contributed by atoms with van der Waals surface area (Å²) in [6, 6.07) is 3.65. The highest BCUT2D eigenvalue weighted by Crippen LogP contribution is 2.38. The van der Waals surface area contributed by atoms with Crippen LogP contribution in [0.15, 0.2) is 21.4 Å². The predicted molar refractivity (Wildman–Crippen MR) is 108 cm³/mol. The van der Waals surface area contributed by atoms with E-state index in [2.05, 4.69) is 20.9 Å². The number of nitrogens with zero attached hydrogens (tertiary/aromatic N) is 1. The average Bonchev–Trinajstić information content (AvgIpc) is 2.83. The first-order valence-electron chi connectivity index (χ1n) is 8.59. The van der Waals surface area contributed by atoms with E-state index in [9.17, 15) is 4.79 Å². The molecule has 0 fully saturated rings. The number of benzene rings is 1. The Hall–Kier alpha value is -1.86. The number of nitrogens with one attached hydrogen (secondary N) is 1. The lowest BCUT2D eigenvalue weighted by atomic mass is 10.1. The second-order valence-corrected chi connectivity index (χ2v) is 8.28. The number of ether oxygens (including phenoxy) is 2. The van der Waals surface area contributed by atoms with E-state index in [1.165, 1.54) is 23.3 Å². The third-order valence-electron chi connectivity index (χ3n) is 4.80. The van der Waals surface area contributed by atoms with Crippen molar-refractivity contribution in [3.8, 4) is 22.9 Å². The second kappa shape index (κ2) is 7.04. The van der Waals surface area contributed by atoms with Crippen molar-refractivity contribution in [3.63, 3.8) is 0 Å². The van der Waals surface area contributed by atoms with Crippen LogP contribution in [0.1, 0.15) is 29.7 Å². The molecule has 1 N–H and O–H groups in total. The van der Waals surface area contributed by atoms with Gasteiger partial charge in [0.25, 0.3) is 5.56 Å². The first-order chi connectivity index (χ1) is 12.6. The number of rotatable bonds is 3. The second-order valence-electron chi connectivity index (χ2n) is 6.35. The first kappa shape index (κ1) is 17.5. The fourth-order valence-corrected chi connectivity index (χ4v) is 5.28. The summed E-state index contributed by atoms with van der Waals surface area (Å²) in [6.45, 7) is 0. The van der Waals surface area contributed by atoms with Gasteiger partial charge in [-0.05, 0) is 59.3 Å². The van der Waals surface area contributed by atoms with Crippen molar-refractivity contribution in [2.24, 2.45) is 0 Å². The highest BCUT2D eigenvalue weighted by molar-refractivity contribution is 9.10. The molecule has 0 unspecified atom stereocenters. The lowest BCUT2D eigenvalue weighted by Crippen LogP contribution is -2.10. The number of fused-ring (bicyclic) bond motifs is 3. The Bertz CT molecular complexity index is 1040. The van der Waals surface area contributed by atoms with Gasteiger partial charge in [0.1, 0.15) is 10.7 Å². The Balaban J connectivity index is 1.90. The monoisotopic (exact) mass is 434 g/mol. The maximum atomic E-state index is 12.8. The molecule has 0 saturated heterocycles. The normalized spacial score (nSPS) is 14.1. The van der Waals surface area contributed by atoms with E-state index in [4.69, 9.17) is 14.5 Å². The molecule has 0 amide bonds. The molecule has 0 bridgehead atoms. The van der Waals surface area contributed by atoms with Crippen LogP contribution in [-0.4, -0.2) is 24.2 Å². The Morgan fingerprint density at radius 2 is 1.85 bits per heavy atom. The maximum Gasteiger partial charge on any atom is 0.260 e. The zero-order valence-corrected chi connectivity index (χ0v) is 17.1. The molecule has 0 radical (unpaired) electrons. The number of aromatic nitrogens is 2.